The molecule has 1 aliphatic rings. The fraction of sp³-hybridized carbons (Fsp3) is 0.526. The predicted molar refractivity (Wildman–Crippen MR) is 96.5 cm³/mol. The van der Waals surface area contributed by atoms with Crippen LogP contribution in [-0.4, -0.2) is 42.9 Å². The van der Waals surface area contributed by atoms with Gasteiger partial charge in [0.05, 0.1) is 25.3 Å². The Morgan fingerprint density at radius 1 is 1.24 bits per heavy atom. The third kappa shape index (κ3) is 3.44. The minimum atomic E-state index is -0.199. The molecule has 0 bridgehead atoms. The second-order valence-corrected chi connectivity index (χ2v) is 7.13. The van der Waals surface area contributed by atoms with Gasteiger partial charge in [0.25, 0.3) is 5.91 Å². The van der Waals surface area contributed by atoms with Crippen LogP contribution < -0.4 is 14.8 Å². The van der Waals surface area contributed by atoms with E-state index in [1.54, 1.807) is 14.2 Å². The molecule has 1 aromatic carbocycles. The lowest BCUT2D eigenvalue weighted by molar-refractivity contribution is -0.0615. The summed E-state index contributed by atoms with van der Waals surface area (Å²) in [6, 6.07) is 5.79. The lowest BCUT2D eigenvalue weighted by Gasteiger charge is -2.35. The molecule has 1 aromatic heterocycles. The van der Waals surface area contributed by atoms with Gasteiger partial charge in [-0.25, -0.2) is 0 Å². The van der Waals surface area contributed by atoms with E-state index >= 15 is 0 Å². The Balaban J connectivity index is 1.87. The number of amides is 1. The first kappa shape index (κ1) is 17.6. The number of hydrogen-bond acceptors (Lipinski definition) is 4. The average Bonchev–Trinajstić information content (AvgIpc) is 2.89. The van der Waals surface area contributed by atoms with Gasteiger partial charge in [-0.3, -0.25) is 4.79 Å². The highest BCUT2D eigenvalue weighted by Crippen LogP contribution is 2.33. The second-order valence-electron chi connectivity index (χ2n) is 7.13. The second kappa shape index (κ2) is 6.59. The monoisotopic (exact) mass is 346 g/mol. The van der Waals surface area contributed by atoms with Crippen molar-refractivity contribution in [3.63, 3.8) is 0 Å². The molecule has 1 aliphatic heterocycles. The zero-order chi connectivity index (χ0) is 18.2. The molecule has 1 saturated heterocycles. The molecule has 1 N–H and O–H groups in total. The van der Waals surface area contributed by atoms with Crippen LogP contribution in [0.5, 0.6) is 11.5 Å². The van der Waals surface area contributed by atoms with Crippen molar-refractivity contribution in [2.24, 2.45) is 7.05 Å². The number of hydrogen-bond donors (Lipinski definition) is 1. The number of nitrogens with zero attached hydrogens (tertiary/aromatic N) is 1. The van der Waals surface area contributed by atoms with Crippen LogP contribution in [0.25, 0.3) is 10.9 Å². The van der Waals surface area contributed by atoms with Crippen LogP contribution in [-0.2, 0) is 11.8 Å². The summed E-state index contributed by atoms with van der Waals surface area (Å²) in [6.07, 6.45) is 1.64. The van der Waals surface area contributed by atoms with Crippen LogP contribution >= 0.6 is 0 Å². The lowest BCUT2D eigenvalue weighted by Crippen LogP contribution is -2.46. The number of nitrogens with one attached hydrogen (secondary N) is 1. The van der Waals surface area contributed by atoms with E-state index in [4.69, 9.17) is 14.2 Å². The number of carbonyl (C=O) groups is 1. The minimum absolute atomic E-state index is 0.0701. The van der Waals surface area contributed by atoms with Crippen molar-refractivity contribution in [2.45, 2.75) is 38.3 Å². The number of aromatic nitrogens is 1. The van der Waals surface area contributed by atoms with E-state index in [1.807, 2.05) is 29.8 Å². The fourth-order valence-corrected chi connectivity index (χ4v) is 3.50. The molecule has 136 valence electrons. The Kier molecular flexibility index (Phi) is 4.64. The maximum absolute atomic E-state index is 12.8. The quantitative estimate of drug-likeness (QED) is 0.925. The summed E-state index contributed by atoms with van der Waals surface area (Å²) in [5.41, 5.74) is 1.35. The first-order chi connectivity index (χ1) is 11.8. The van der Waals surface area contributed by atoms with Gasteiger partial charge in [0.1, 0.15) is 5.69 Å². The number of ether oxygens (including phenoxy) is 3. The zero-order valence-corrected chi connectivity index (χ0v) is 15.5. The molecule has 1 fully saturated rings. The highest BCUT2D eigenvalue weighted by molar-refractivity contribution is 5.99. The molecule has 0 saturated carbocycles. The molecular formula is C19H26N2O4. The average molecular weight is 346 g/mol. The SMILES string of the molecule is COc1cc2cc(C(=O)NC3CCOC(C)(C)C3)n(C)c2cc1OC. The Labute approximate surface area is 148 Å². The number of aryl methyl sites for hydroxylation is 1. The smallest absolute Gasteiger partial charge is 0.268 e. The largest absolute Gasteiger partial charge is 0.493 e. The standard InChI is InChI=1S/C19H26N2O4/c1-19(2)11-13(6-7-25-19)20-18(22)15-8-12-9-16(23-4)17(24-5)10-14(12)21(15)3/h8-10,13H,6-7,11H2,1-5H3,(H,20,22). The molecule has 2 aromatic rings. The van der Waals surface area contributed by atoms with Gasteiger partial charge in [0.15, 0.2) is 11.5 Å². The van der Waals surface area contributed by atoms with Gasteiger partial charge in [0.2, 0.25) is 0 Å². The van der Waals surface area contributed by atoms with Crippen molar-refractivity contribution in [3.8, 4) is 11.5 Å². The van der Waals surface area contributed by atoms with Crippen LogP contribution in [0.15, 0.2) is 18.2 Å². The van der Waals surface area contributed by atoms with Crippen molar-refractivity contribution >= 4 is 16.8 Å². The third-order valence-corrected chi connectivity index (χ3v) is 4.81. The van der Waals surface area contributed by atoms with E-state index in [0.29, 0.717) is 23.8 Å². The van der Waals surface area contributed by atoms with Crippen LogP contribution in [0.3, 0.4) is 0 Å². The predicted octanol–water partition coefficient (Wildman–Crippen LogP) is 2.88. The summed E-state index contributed by atoms with van der Waals surface area (Å²) in [5.74, 6) is 1.23. The zero-order valence-electron chi connectivity index (χ0n) is 15.5. The fourth-order valence-electron chi connectivity index (χ4n) is 3.50. The highest BCUT2D eigenvalue weighted by Gasteiger charge is 2.30. The summed E-state index contributed by atoms with van der Waals surface area (Å²) in [4.78, 5) is 12.8. The topological polar surface area (TPSA) is 61.7 Å². The van der Waals surface area contributed by atoms with Gasteiger partial charge in [-0.05, 0) is 38.8 Å². The number of carbonyl (C=O) groups excluding carboxylic acids is 1. The van der Waals surface area contributed by atoms with Crippen molar-refractivity contribution in [3.05, 3.63) is 23.9 Å². The van der Waals surface area contributed by atoms with Gasteiger partial charge in [-0.1, -0.05) is 0 Å². The van der Waals surface area contributed by atoms with Crippen molar-refractivity contribution < 1.29 is 19.0 Å². The maximum Gasteiger partial charge on any atom is 0.268 e. The van der Waals surface area contributed by atoms with Crippen LogP contribution in [0, 0.1) is 0 Å². The minimum Gasteiger partial charge on any atom is -0.493 e. The molecular weight excluding hydrogens is 320 g/mol. The Morgan fingerprint density at radius 3 is 2.56 bits per heavy atom. The first-order valence-corrected chi connectivity index (χ1v) is 8.51. The lowest BCUT2D eigenvalue weighted by atomic mass is 9.94. The molecule has 25 heavy (non-hydrogen) atoms. The number of fused-ring (bicyclic) bond motifs is 1. The van der Waals surface area contributed by atoms with E-state index < -0.39 is 0 Å². The van der Waals surface area contributed by atoms with E-state index in [9.17, 15) is 4.79 Å². The maximum atomic E-state index is 12.8. The van der Waals surface area contributed by atoms with Crippen LogP contribution in [0.2, 0.25) is 0 Å². The highest BCUT2D eigenvalue weighted by atomic mass is 16.5. The molecule has 1 unspecified atom stereocenters. The van der Waals surface area contributed by atoms with E-state index in [-0.39, 0.29) is 17.6 Å². The first-order valence-electron chi connectivity index (χ1n) is 8.51. The van der Waals surface area contributed by atoms with Crippen molar-refractivity contribution in [1.82, 2.24) is 9.88 Å². The van der Waals surface area contributed by atoms with Crippen LogP contribution in [0.1, 0.15) is 37.2 Å². The van der Waals surface area contributed by atoms with E-state index in [1.165, 1.54) is 0 Å². The normalized spacial score (nSPS) is 19.6. The molecule has 0 spiro atoms. The molecule has 1 atom stereocenters. The Bertz CT molecular complexity index is 794. The summed E-state index contributed by atoms with van der Waals surface area (Å²) >= 11 is 0. The van der Waals surface area contributed by atoms with Crippen molar-refractivity contribution in [2.75, 3.05) is 20.8 Å². The number of rotatable bonds is 4. The summed E-state index contributed by atoms with van der Waals surface area (Å²) < 4.78 is 18.3. The number of benzene rings is 1. The van der Waals surface area contributed by atoms with Gasteiger partial charge in [-0.2, -0.15) is 0 Å². The Hall–Kier alpha value is -2.21. The Morgan fingerprint density at radius 2 is 1.92 bits per heavy atom. The molecule has 3 rings (SSSR count). The third-order valence-electron chi connectivity index (χ3n) is 4.81. The summed E-state index contributed by atoms with van der Waals surface area (Å²) in [5, 5.41) is 4.09. The summed E-state index contributed by atoms with van der Waals surface area (Å²) in [6.45, 7) is 4.78. The molecule has 1 amide bonds. The number of methoxy groups -OCH3 is 2. The summed E-state index contributed by atoms with van der Waals surface area (Å²) in [7, 11) is 5.09. The van der Waals surface area contributed by atoms with E-state index in [2.05, 4.69) is 19.2 Å². The van der Waals surface area contributed by atoms with E-state index in [0.717, 1.165) is 23.7 Å². The molecule has 0 radical (unpaired) electrons. The molecule has 2 heterocycles. The van der Waals surface area contributed by atoms with Crippen molar-refractivity contribution in [1.29, 1.82) is 0 Å². The molecule has 0 aliphatic carbocycles. The van der Waals surface area contributed by atoms with Gasteiger partial charge in [-0.15, -0.1) is 0 Å². The molecule has 6 nitrogen and oxygen atoms in total. The van der Waals surface area contributed by atoms with Gasteiger partial charge >= 0.3 is 0 Å². The van der Waals surface area contributed by atoms with Crippen LogP contribution in [0.4, 0.5) is 0 Å². The molecule has 6 heteroatoms. The van der Waals surface area contributed by atoms with Gasteiger partial charge in [0, 0.05) is 31.1 Å². The van der Waals surface area contributed by atoms with Gasteiger partial charge < -0.3 is 24.1 Å².